The van der Waals surface area contributed by atoms with Gasteiger partial charge in [0.1, 0.15) is 10.8 Å². The molecule has 0 bridgehead atoms. The van der Waals surface area contributed by atoms with Gasteiger partial charge in [0.05, 0.1) is 28.8 Å². The normalized spacial score (nSPS) is 15.1. The standard InChI is InChI=1S/C31H29N3O4S/c1-5-38-24-13-9-12-23(18-24)34-26(20-14-16-22(17-15-20)33(3)4)25(28(36)31(34)37)27(35)29-19(2)32-30(39-29)21-10-7-6-8-11-21/h6-18,26,36H,5H2,1-4H3. The van der Waals surface area contributed by atoms with E-state index >= 15 is 0 Å². The van der Waals surface area contributed by atoms with Crippen LogP contribution >= 0.6 is 11.3 Å². The molecule has 39 heavy (non-hydrogen) atoms. The van der Waals surface area contributed by atoms with Gasteiger partial charge in [0.25, 0.3) is 5.91 Å². The number of nitrogens with zero attached hydrogens (tertiary/aromatic N) is 3. The number of amides is 1. The summed E-state index contributed by atoms with van der Waals surface area (Å²) in [5, 5.41) is 11.9. The van der Waals surface area contributed by atoms with Crippen molar-refractivity contribution in [3.05, 3.63) is 106 Å². The molecule has 1 unspecified atom stereocenters. The van der Waals surface area contributed by atoms with Crippen LogP contribution in [0.25, 0.3) is 10.6 Å². The largest absolute Gasteiger partial charge is 0.503 e. The van der Waals surface area contributed by atoms with Crippen LogP contribution in [0.5, 0.6) is 5.75 Å². The Labute approximate surface area is 231 Å². The highest BCUT2D eigenvalue weighted by Crippen LogP contribution is 2.44. The second-order valence-electron chi connectivity index (χ2n) is 9.39. The van der Waals surface area contributed by atoms with Crippen molar-refractivity contribution in [1.82, 2.24) is 4.98 Å². The Bertz CT molecular complexity index is 1560. The molecule has 4 aromatic rings. The first-order valence-corrected chi connectivity index (χ1v) is 13.5. The number of aromatic nitrogens is 1. The number of thiazole rings is 1. The number of carbonyl (C=O) groups is 2. The molecule has 0 fully saturated rings. The molecule has 7 nitrogen and oxygen atoms in total. The third-order valence-corrected chi connectivity index (χ3v) is 7.81. The van der Waals surface area contributed by atoms with E-state index in [9.17, 15) is 14.7 Å². The molecule has 198 valence electrons. The van der Waals surface area contributed by atoms with Crippen LogP contribution in [0.3, 0.4) is 0 Å². The van der Waals surface area contributed by atoms with Crippen LogP contribution in [-0.2, 0) is 4.79 Å². The Morgan fingerprint density at radius 2 is 1.77 bits per heavy atom. The van der Waals surface area contributed by atoms with Crippen LogP contribution in [-0.4, -0.2) is 42.5 Å². The van der Waals surface area contributed by atoms with Gasteiger partial charge in [-0.1, -0.05) is 48.5 Å². The van der Waals surface area contributed by atoms with Gasteiger partial charge in [0, 0.05) is 37.1 Å². The molecule has 0 saturated carbocycles. The maximum absolute atomic E-state index is 14.1. The topological polar surface area (TPSA) is 83.0 Å². The van der Waals surface area contributed by atoms with Gasteiger partial charge in [-0.2, -0.15) is 0 Å². The maximum atomic E-state index is 14.1. The Hall–Kier alpha value is -4.43. The van der Waals surface area contributed by atoms with Gasteiger partial charge in [0.2, 0.25) is 5.78 Å². The number of aryl methyl sites for hydroxylation is 1. The molecule has 0 spiro atoms. The average Bonchev–Trinajstić information content (AvgIpc) is 3.46. The smallest absolute Gasteiger partial charge is 0.294 e. The van der Waals surface area contributed by atoms with E-state index in [2.05, 4.69) is 4.98 Å². The Balaban J connectivity index is 1.62. The molecule has 0 aliphatic carbocycles. The minimum Gasteiger partial charge on any atom is -0.503 e. The lowest BCUT2D eigenvalue weighted by molar-refractivity contribution is -0.117. The first-order chi connectivity index (χ1) is 18.8. The van der Waals surface area contributed by atoms with Crippen LogP contribution in [0.4, 0.5) is 11.4 Å². The van der Waals surface area contributed by atoms with Gasteiger partial charge >= 0.3 is 0 Å². The second kappa shape index (κ2) is 10.7. The summed E-state index contributed by atoms with van der Waals surface area (Å²) in [5.74, 6) is -1.02. The Morgan fingerprint density at radius 3 is 2.44 bits per heavy atom. The van der Waals surface area contributed by atoms with Crippen molar-refractivity contribution in [2.75, 3.05) is 30.5 Å². The number of ketones is 1. The summed E-state index contributed by atoms with van der Waals surface area (Å²) in [6, 6.07) is 23.5. The van der Waals surface area contributed by atoms with Crippen molar-refractivity contribution in [3.8, 4) is 16.3 Å². The lowest BCUT2D eigenvalue weighted by atomic mass is 9.94. The van der Waals surface area contributed by atoms with E-state index in [-0.39, 0.29) is 5.57 Å². The molecule has 2 heterocycles. The molecule has 0 radical (unpaired) electrons. The van der Waals surface area contributed by atoms with Crippen LogP contribution in [0.2, 0.25) is 0 Å². The highest BCUT2D eigenvalue weighted by Gasteiger charge is 2.45. The molecule has 1 aliphatic rings. The Kier molecular flexibility index (Phi) is 7.21. The zero-order chi connectivity index (χ0) is 27.7. The summed E-state index contributed by atoms with van der Waals surface area (Å²) < 4.78 is 5.66. The molecule has 1 aliphatic heterocycles. The maximum Gasteiger partial charge on any atom is 0.294 e. The molecule has 1 amide bonds. The summed E-state index contributed by atoms with van der Waals surface area (Å²) in [4.78, 5) is 36.2. The minimum atomic E-state index is -0.834. The zero-order valence-corrected chi connectivity index (χ0v) is 23.0. The molecule has 8 heteroatoms. The summed E-state index contributed by atoms with van der Waals surface area (Å²) in [6.07, 6.45) is 0. The van der Waals surface area contributed by atoms with Gasteiger partial charge in [0.15, 0.2) is 5.76 Å². The van der Waals surface area contributed by atoms with Gasteiger partial charge in [-0.3, -0.25) is 14.5 Å². The van der Waals surface area contributed by atoms with Crippen molar-refractivity contribution < 1.29 is 19.4 Å². The summed E-state index contributed by atoms with van der Waals surface area (Å²) in [5.41, 5.74) is 3.68. The van der Waals surface area contributed by atoms with Gasteiger partial charge in [-0.05, 0) is 43.7 Å². The third-order valence-electron chi connectivity index (χ3n) is 6.61. The lowest BCUT2D eigenvalue weighted by Gasteiger charge is -2.27. The number of rotatable bonds is 8. The second-order valence-corrected chi connectivity index (χ2v) is 10.4. The number of aliphatic hydroxyl groups is 1. The molecule has 5 rings (SSSR count). The average molecular weight is 540 g/mol. The molecule has 0 saturated heterocycles. The summed E-state index contributed by atoms with van der Waals surface area (Å²) >= 11 is 1.26. The van der Waals surface area contributed by atoms with Crippen LogP contribution < -0.4 is 14.5 Å². The number of benzene rings is 3. The van der Waals surface area contributed by atoms with Crippen molar-refractivity contribution >= 4 is 34.4 Å². The third kappa shape index (κ3) is 4.91. The number of hydrogen-bond acceptors (Lipinski definition) is 7. The predicted molar refractivity (Wildman–Crippen MR) is 155 cm³/mol. The number of anilines is 2. The van der Waals surface area contributed by atoms with Gasteiger partial charge in [-0.15, -0.1) is 11.3 Å². The number of hydrogen-bond donors (Lipinski definition) is 1. The van der Waals surface area contributed by atoms with Crippen molar-refractivity contribution in [3.63, 3.8) is 0 Å². The molecule has 1 N–H and O–H groups in total. The number of ether oxygens (including phenoxy) is 1. The molecule has 1 aromatic heterocycles. The SMILES string of the molecule is CCOc1cccc(N2C(=O)C(O)=C(C(=O)c3sc(-c4ccccc4)nc3C)C2c2ccc(N(C)C)cc2)c1. The van der Waals surface area contributed by atoms with E-state index in [1.165, 1.54) is 16.2 Å². The van der Waals surface area contributed by atoms with E-state index in [0.29, 0.717) is 39.2 Å². The monoisotopic (exact) mass is 539 g/mol. The van der Waals surface area contributed by atoms with Crippen molar-refractivity contribution in [2.24, 2.45) is 0 Å². The number of Topliss-reactive ketones (excluding diaryl/α,β-unsaturated/α-hetero) is 1. The van der Waals surface area contributed by atoms with E-state index < -0.39 is 23.5 Å². The first-order valence-electron chi connectivity index (χ1n) is 12.6. The number of aliphatic hydroxyl groups excluding tert-OH is 1. The van der Waals surface area contributed by atoms with E-state index in [0.717, 1.165) is 11.3 Å². The summed E-state index contributed by atoms with van der Waals surface area (Å²) in [6.45, 7) is 4.12. The molecule has 1 atom stereocenters. The van der Waals surface area contributed by atoms with Gasteiger partial charge in [-0.25, -0.2) is 4.98 Å². The van der Waals surface area contributed by atoms with E-state index in [1.807, 2.05) is 80.5 Å². The van der Waals surface area contributed by atoms with Crippen molar-refractivity contribution in [1.29, 1.82) is 0 Å². The summed E-state index contributed by atoms with van der Waals surface area (Å²) in [7, 11) is 3.88. The fourth-order valence-corrected chi connectivity index (χ4v) is 5.72. The predicted octanol–water partition coefficient (Wildman–Crippen LogP) is 6.37. The highest BCUT2D eigenvalue weighted by molar-refractivity contribution is 7.17. The first kappa shape index (κ1) is 26.2. The fraction of sp³-hybridized carbons (Fsp3) is 0.194. The quantitative estimate of drug-likeness (QED) is 0.262. The van der Waals surface area contributed by atoms with Gasteiger partial charge < -0.3 is 14.7 Å². The van der Waals surface area contributed by atoms with Crippen LogP contribution in [0.15, 0.2) is 90.2 Å². The van der Waals surface area contributed by atoms with Crippen LogP contribution in [0.1, 0.15) is 33.9 Å². The highest BCUT2D eigenvalue weighted by atomic mass is 32.1. The Morgan fingerprint density at radius 1 is 1.05 bits per heavy atom. The van der Waals surface area contributed by atoms with E-state index in [1.54, 1.807) is 31.2 Å². The van der Waals surface area contributed by atoms with E-state index in [4.69, 9.17) is 4.74 Å². The lowest BCUT2D eigenvalue weighted by Crippen LogP contribution is -2.31. The molecular formula is C31H29N3O4S. The molecular weight excluding hydrogens is 510 g/mol. The fourth-order valence-electron chi connectivity index (χ4n) is 4.70. The zero-order valence-electron chi connectivity index (χ0n) is 22.2. The van der Waals surface area contributed by atoms with Crippen molar-refractivity contribution in [2.45, 2.75) is 19.9 Å². The molecule has 3 aromatic carbocycles. The number of carbonyl (C=O) groups excluding carboxylic acids is 2. The minimum absolute atomic E-state index is 0.0331. The van der Waals surface area contributed by atoms with Crippen LogP contribution in [0, 0.1) is 6.92 Å².